The third kappa shape index (κ3) is 2.91. The number of likely N-dealkylation sites (tertiary alicyclic amines) is 1. The Kier molecular flexibility index (Phi) is 4.38. The smallest absolute Gasteiger partial charge is 0.0246 e. The van der Waals surface area contributed by atoms with Gasteiger partial charge in [0.1, 0.15) is 0 Å². The lowest BCUT2D eigenvalue weighted by molar-refractivity contribution is 0.129. The quantitative estimate of drug-likeness (QED) is 0.826. The molecule has 0 bridgehead atoms. The van der Waals surface area contributed by atoms with E-state index in [4.69, 9.17) is 0 Å². The van der Waals surface area contributed by atoms with Crippen molar-refractivity contribution in [1.82, 2.24) is 10.2 Å². The second kappa shape index (κ2) is 5.50. The minimum absolute atomic E-state index is 0.474. The van der Waals surface area contributed by atoms with Gasteiger partial charge in [0.2, 0.25) is 0 Å². The molecule has 2 heterocycles. The predicted octanol–water partition coefficient (Wildman–Crippen LogP) is 3.28. The van der Waals surface area contributed by atoms with Crippen LogP contribution in [0.15, 0.2) is 0 Å². The predicted molar refractivity (Wildman–Crippen MR) is 78.9 cm³/mol. The highest BCUT2D eigenvalue weighted by molar-refractivity contribution is 4.94. The maximum absolute atomic E-state index is 3.76. The highest BCUT2D eigenvalue weighted by atomic mass is 15.2. The summed E-state index contributed by atoms with van der Waals surface area (Å²) in [4.78, 5) is 2.72. The first-order valence-electron chi connectivity index (χ1n) is 7.97. The lowest BCUT2D eigenvalue weighted by Crippen LogP contribution is -2.52. The van der Waals surface area contributed by atoms with Crippen molar-refractivity contribution in [3.05, 3.63) is 0 Å². The third-order valence-corrected chi connectivity index (χ3v) is 5.79. The van der Waals surface area contributed by atoms with Gasteiger partial charge < -0.3 is 10.2 Å². The summed E-state index contributed by atoms with van der Waals surface area (Å²) in [6.45, 7) is 14.7. The van der Waals surface area contributed by atoms with E-state index in [9.17, 15) is 0 Å². The fraction of sp³-hybridized carbons (Fsp3) is 1.00. The maximum atomic E-state index is 3.76. The van der Waals surface area contributed by atoms with E-state index < -0.39 is 0 Å². The molecule has 2 saturated heterocycles. The second-order valence-corrected chi connectivity index (χ2v) is 7.29. The first-order chi connectivity index (χ1) is 8.51. The number of piperidine rings is 1. The molecule has 0 aliphatic carbocycles. The van der Waals surface area contributed by atoms with Gasteiger partial charge in [0.05, 0.1) is 0 Å². The molecule has 1 atom stereocenters. The van der Waals surface area contributed by atoms with E-state index in [2.05, 4.69) is 37.9 Å². The number of hydrogen-bond donors (Lipinski definition) is 1. The Morgan fingerprint density at radius 3 is 2.44 bits per heavy atom. The first-order valence-corrected chi connectivity index (χ1v) is 7.97. The molecular weight excluding hydrogens is 220 g/mol. The van der Waals surface area contributed by atoms with Gasteiger partial charge in [-0.1, -0.05) is 27.7 Å². The average molecular weight is 252 g/mol. The van der Waals surface area contributed by atoms with Gasteiger partial charge in [-0.2, -0.15) is 0 Å². The van der Waals surface area contributed by atoms with Crippen LogP contribution in [-0.2, 0) is 0 Å². The highest BCUT2D eigenvalue weighted by Gasteiger charge is 2.38. The minimum atomic E-state index is 0.474. The lowest BCUT2D eigenvalue weighted by atomic mass is 9.77. The normalized spacial score (nSPS) is 31.7. The number of nitrogens with zero attached hydrogens (tertiary/aromatic N) is 1. The molecule has 0 amide bonds. The molecule has 2 nitrogen and oxygen atoms in total. The minimum Gasteiger partial charge on any atom is -0.312 e. The Labute approximate surface area is 114 Å². The summed E-state index contributed by atoms with van der Waals surface area (Å²) in [5, 5.41) is 3.76. The molecule has 18 heavy (non-hydrogen) atoms. The number of hydrogen-bond acceptors (Lipinski definition) is 2. The van der Waals surface area contributed by atoms with E-state index in [1.165, 1.54) is 58.3 Å². The zero-order valence-corrected chi connectivity index (χ0v) is 12.9. The summed E-state index contributed by atoms with van der Waals surface area (Å²) in [6, 6.07) is 0.691. The van der Waals surface area contributed by atoms with Crippen LogP contribution in [0, 0.1) is 10.8 Å². The Morgan fingerprint density at radius 1 is 1.17 bits per heavy atom. The van der Waals surface area contributed by atoms with Crippen molar-refractivity contribution in [2.45, 2.75) is 65.8 Å². The summed E-state index contributed by atoms with van der Waals surface area (Å²) < 4.78 is 0. The average Bonchev–Trinajstić information content (AvgIpc) is 2.76. The third-order valence-electron chi connectivity index (χ3n) is 5.79. The topological polar surface area (TPSA) is 15.3 Å². The van der Waals surface area contributed by atoms with Crippen LogP contribution in [-0.4, -0.2) is 37.1 Å². The van der Waals surface area contributed by atoms with Crippen LogP contribution in [0.4, 0.5) is 0 Å². The summed E-state index contributed by atoms with van der Waals surface area (Å²) in [5.74, 6) is 0. The number of rotatable bonds is 4. The van der Waals surface area contributed by atoms with Crippen LogP contribution < -0.4 is 5.32 Å². The largest absolute Gasteiger partial charge is 0.312 e. The van der Waals surface area contributed by atoms with Crippen molar-refractivity contribution in [3.63, 3.8) is 0 Å². The zero-order valence-electron chi connectivity index (χ0n) is 12.9. The van der Waals surface area contributed by atoms with E-state index in [1.54, 1.807) is 0 Å². The zero-order chi connectivity index (χ0) is 13.2. The summed E-state index contributed by atoms with van der Waals surface area (Å²) in [5.41, 5.74) is 1.10. The van der Waals surface area contributed by atoms with Gasteiger partial charge in [-0.25, -0.2) is 0 Å². The molecule has 1 N–H and O–H groups in total. The van der Waals surface area contributed by atoms with Gasteiger partial charge in [-0.15, -0.1) is 0 Å². The van der Waals surface area contributed by atoms with E-state index in [1.807, 2.05) is 0 Å². The molecule has 0 aromatic carbocycles. The molecule has 0 aromatic rings. The Balaban J connectivity index is 1.91. The molecule has 0 spiro atoms. The van der Waals surface area contributed by atoms with Gasteiger partial charge in [0.25, 0.3) is 0 Å². The van der Waals surface area contributed by atoms with E-state index >= 15 is 0 Å². The van der Waals surface area contributed by atoms with Crippen LogP contribution >= 0.6 is 0 Å². The Morgan fingerprint density at radius 2 is 1.89 bits per heavy atom. The summed E-state index contributed by atoms with van der Waals surface area (Å²) >= 11 is 0. The molecule has 2 aliphatic rings. The van der Waals surface area contributed by atoms with E-state index in [0.29, 0.717) is 16.9 Å². The molecule has 0 aromatic heterocycles. The molecule has 0 radical (unpaired) electrons. The van der Waals surface area contributed by atoms with Crippen molar-refractivity contribution in [1.29, 1.82) is 0 Å². The van der Waals surface area contributed by atoms with Crippen molar-refractivity contribution >= 4 is 0 Å². The SMILES string of the molecule is CCC1(CC)CCN(CC2NCCCC2(C)C)C1. The van der Waals surface area contributed by atoms with Crippen LogP contribution in [0.5, 0.6) is 0 Å². The van der Waals surface area contributed by atoms with Crippen molar-refractivity contribution in [3.8, 4) is 0 Å². The van der Waals surface area contributed by atoms with Crippen LogP contribution in [0.3, 0.4) is 0 Å². The Hall–Kier alpha value is -0.0800. The molecule has 1 unspecified atom stereocenters. The molecular formula is C16H32N2. The molecule has 2 fully saturated rings. The van der Waals surface area contributed by atoms with Gasteiger partial charge in [0.15, 0.2) is 0 Å². The van der Waals surface area contributed by atoms with Crippen molar-refractivity contribution < 1.29 is 0 Å². The van der Waals surface area contributed by atoms with Crippen molar-refractivity contribution in [2.75, 3.05) is 26.2 Å². The van der Waals surface area contributed by atoms with Crippen molar-refractivity contribution in [2.24, 2.45) is 10.8 Å². The van der Waals surface area contributed by atoms with Crippen LogP contribution in [0.1, 0.15) is 59.8 Å². The maximum Gasteiger partial charge on any atom is 0.0246 e. The molecule has 2 heteroatoms. The number of nitrogens with one attached hydrogen (secondary N) is 1. The molecule has 0 saturated carbocycles. The Bertz CT molecular complexity index is 268. The second-order valence-electron chi connectivity index (χ2n) is 7.29. The fourth-order valence-corrected chi connectivity index (χ4v) is 3.85. The van der Waals surface area contributed by atoms with Gasteiger partial charge in [0, 0.05) is 19.1 Å². The van der Waals surface area contributed by atoms with Gasteiger partial charge in [-0.05, 0) is 56.0 Å². The first kappa shape index (κ1) is 14.3. The standard InChI is InChI=1S/C16H32N2/c1-5-16(6-2)9-11-18(13-16)12-14-15(3,4)8-7-10-17-14/h14,17H,5-13H2,1-4H3. The van der Waals surface area contributed by atoms with E-state index in [0.717, 1.165) is 0 Å². The molecule has 2 aliphatic heterocycles. The van der Waals surface area contributed by atoms with E-state index in [-0.39, 0.29) is 0 Å². The molecule has 106 valence electrons. The van der Waals surface area contributed by atoms with Gasteiger partial charge in [-0.3, -0.25) is 0 Å². The summed E-state index contributed by atoms with van der Waals surface area (Å²) in [6.07, 6.45) is 6.83. The fourth-order valence-electron chi connectivity index (χ4n) is 3.85. The van der Waals surface area contributed by atoms with Crippen LogP contribution in [0.25, 0.3) is 0 Å². The molecule has 2 rings (SSSR count). The lowest BCUT2D eigenvalue weighted by Gasteiger charge is -2.41. The van der Waals surface area contributed by atoms with Crippen LogP contribution in [0.2, 0.25) is 0 Å². The monoisotopic (exact) mass is 252 g/mol. The summed E-state index contributed by atoms with van der Waals surface area (Å²) in [7, 11) is 0. The van der Waals surface area contributed by atoms with Gasteiger partial charge >= 0.3 is 0 Å². The highest BCUT2D eigenvalue weighted by Crippen LogP contribution is 2.38.